The van der Waals surface area contributed by atoms with Gasteiger partial charge in [0.1, 0.15) is 0 Å². The van der Waals surface area contributed by atoms with E-state index in [2.05, 4.69) is 80.9 Å². The Morgan fingerprint density at radius 2 is 1.74 bits per heavy atom. The van der Waals surface area contributed by atoms with Gasteiger partial charge in [-0.2, -0.15) is 5.10 Å². The van der Waals surface area contributed by atoms with Crippen molar-refractivity contribution in [1.29, 1.82) is 0 Å². The van der Waals surface area contributed by atoms with Crippen LogP contribution in [-0.2, 0) is 6.54 Å². The number of hydrogen-bond donors (Lipinski definition) is 1. The summed E-state index contributed by atoms with van der Waals surface area (Å²) in [6.45, 7) is 0.748. The Morgan fingerprint density at radius 1 is 0.935 bits per heavy atom. The molecule has 0 fully saturated rings. The van der Waals surface area contributed by atoms with Crippen LogP contribution in [0.1, 0.15) is 21.5 Å². The molecule has 5 nitrogen and oxygen atoms in total. The third kappa shape index (κ3) is 3.81. The zero-order valence-electron chi connectivity index (χ0n) is 16.8. The Kier molecular flexibility index (Phi) is 4.99. The predicted molar refractivity (Wildman–Crippen MR) is 124 cm³/mol. The first-order valence-corrected chi connectivity index (χ1v) is 10.1. The van der Waals surface area contributed by atoms with Gasteiger partial charge in [-0.05, 0) is 34.5 Å². The standard InChI is InChI=1S/C26H20N4O/c31-26(20-10-6-14-27-15-20)29-28-16-22-18-30(25-13-4-3-12-24(22)25)17-21-9-5-8-19-7-1-2-11-23(19)21/h1-16,18H,17H2,(H,29,31)/b28-16-. The molecular formula is C26H20N4O. The summed E-state index contributed by atoms with van der Waals surface area (Å²) in [5, 5.41) is 7.74. The van der Waals surface area contributed by atoms with Crippen molar-refractivity contribution in [2.75, 3.05) is 0 Å². The van der Waals surface area contributed by atoms with Gasteiger partial charge in [-0.25, -0.2) is 5.43 Å². The van der Waals surface area contributed by atoms with Crippen LogP contribution < -0.4 is 5.43 Å². The Bertz CT molecular complexity index is 1400. The average molecular weight is 404 g/mol. The number of hydrogen-bond acceptors (Lipinski definition) is 3. The lowest BCUT2D eigenvalue weighted by molar-refractivity contribution is 0.0955. The zero-order chi connectivity index (χ0) is 21.0. The molecular weight excluding hydrogens is 384 g/mol. The highest BCUT2D eigenvalue weighted by Gasteiger charge is 2.09. The van der Waals surface area contributed by atoms with E-state index in [1.165, 1.54) is 22.5 Å². The fourth-order valence-electron chi connectivity index (χ4n) is 3.84. The van der Waals surface area contributed by atoms with Crippen LogP contribution in [0.25, 0.3) is 21.7 Å². The summed E-state index contributed by atoms with van der Waals surface area (Å²) in [5.41, 5.74) is 6.37. The molecule has 0 saturated carbocycles. The molecule has 5 rings (SSSR count). The van der Waals surface area contributed by atoms with Gasteiger partial charge >= 0.3 is 0 Å². The van der Waals surface area contributed by atoms with Crippen LogP contribution in [0.2, 0.25) is 0 Å². The molecule has 5 aromatic rings. The number of aromatic nitrogens is 2. The van der Waals surface area contributed by atoms with Gasteiger partial charge in [-0.1, -0.05) is 60.7 Å². The van der Waals surface area contributed by atoms with Crippen LogP contribution >= 0.6 is 0 Å². The highest BCUT2D eigenvalue weighted by Crippen LogP contribution is 2.24. The van der Waals surface area contributed by atoms with Crippen LogP contribution in [0.4, 0.5) is 0 Å². The highest BCUT2D eigenvalue weighted by molar-refractivity contribution is 6.00. The van der Waals surface area contributed by atoms with E-state index in [1.807, 2.05) is 12.1 Å². The lowest BCUT2D eigenvalue weighted by Crippen LogP contribution is -2.17. The number of nitrogens with zero attached hydrogens (tertiary/aromatic N) is 3. The first kappa shape index (κ1) is 18.8. The molecule has 1 N–H and O–H groups in total. The molecule has 2 heterocycles. The van der Waals surface area contributed by atoms with Crippen LogP contribution in [-0.4, -0.2) is 21.7 Å². The topological polar surface area (TPSA) is 59.3 Å². The van der Waals surface area contributed by atoms with E-state index in [4.69, 9.17) is 0 Å². The predicted octanol–water partition coefficient (Wildman–Crippen LogP) is 5.00. The lowest BCUT2D eigenvalue weighted by Gasteiger charge is -2.09. The second-order valence-electron chi connectivity index (χ2n) is 7.31. The average Bonchev–Trinajstić information content (AvgIpc) is 3.17. The molecule has 0 spiro atoms. The second-order valence-corrected chi connectivity index (χ2v) is 7.31. The van der Waals surface area contributed by atoms with E-state index in [9.17, 15) is 4.79 Å². The summed E-state index contributed by atoms with van der Waals surface area (Å²) in [6.07, 6.45) is 6.91. The molecule has 150 valence electrons. The quantitative estimate of drug-likeness (QED) is 0.331. The molecule has 1 amide bonds. The number of amides is 1. The van der Waals surface area contributed by atoms with Crippen molar-refractivity contribution in [2.24, 2.45) is 5.10 Å². The van der Waals surface area contributed by atoms with Crippen molar-refractivity contribution in [3.05, 3.63) is 114 Å². The first-order valence-electron chi connectivity index (χ1n) is 10.1. The Hall–Kier alpha value is -4.25. The number of carbonyl (C=O) groups is 1. The van der Waals surface area contributed by atoms with Crippen LogP contribution in [0.15, 0.2) is 103 Å². The van der Waals surface area contributed by atoms with Crippen LogP contribution in [0, 0.1) is 0 Å². The van der Waals surface area contributed by atoms with E-state index in [-0.39, 0.29) is 5.91 Å². The number of pyridine rings is 1. The summed E-state index contributed by atoms with van der Waals surface area (Å²) < 4.78 is 2.22. The summed E-state index contributed by atoms with van der Waals surface area (Å²) in [5.74, 6) is -0.288. The fraction of sp³-hybridized carbons (Fsp3) is 0.0385. The minimum absolute atomic E-state index is 0.288. The fourth-order valence-corrected chi connectivity index (χ4v) is 3.84. The van der Waals surface area contributed by atoms with Crippen molar-refractivity contribution >= 4 is 33.8 Å². The molecule has 0 radical (unpaired) electrons. The number of hydrazone groups is 1. The summed E-state index contributed by atoms with van der Waals surface area (Å²) in [6, 6.07) is 26.5. The van der Waals surface area contributed by atoms with Crippen LogP contribution in [0.5, 0.6) is 0 Å². The molecule has 0 aliphatic rings. The maximum Gasteiger partial charge on any atom is 0.272 e. The zero-order valence-corrected chi connectivity index (χ0v) is 16.8. The normalized spacial score (nSPS) is 11.4. The number of rotatable bonds is 5. The van der Waals surface area contributed by atoms with Gasteiger partial charge < -0.3 is 4.57 Å². The largest absolute Gasteiger partial charge is 0.342 e. The summed E-state index contributed by atoms with van der Waals surface area (Å²) >= 11 is 0. The minimum Gasteiger partial charge on any atom is -0.342 e. The number of nitrogens with one attached hydrogen (secondary N) is 1. The molecule has 0 bridgehead atoms. The van der Waals surface area contributed by atoms with Gasteiger partial charge in [0.25, 0.3) is 5.91 Å². The third-order valence-electron chi connectivity index (χ3n) is 5.33. The van der Waals surface area contributed by atoms with Crippen LogP contribution in [0.3, 0.4) is 0 Å². The number of fused-ring (bicyclic) bond motifs is 2. The molecule has 2 aromatic heterocycles. The number of carbonyl (C=O) groups excluding carboxylic acids is 1. The van der Waals surface area contributed by atoms with E-state index in [0.717, 1.165) is 23.0 Å². The van der Waals surface area contributed by atoms with Crippen molar-refractivity contribution in [2.45, 2.75) is 6.54 Å². The molecule has 3 aromatic carbocycles. The number of benzene rings is 3. The van der Waals surface area contributed by atoms with Crippen molar-refractivity contribution in [1.82, 2.24) is 15.0 Å². The maximum absolute atomic E-state index is 12.2. The molecule has 0 atom stereocenters. The summed E-state index contributed by atoms with van der Waals surface area (Å²) in [4.78, 5) is 16.2. The van der Waals surface area contributed by atoms with E-state index in [1.54, 1.807) is 24.5 Å². The van der Waals surface area contributed by atoms with Crippen molar-refractivity contribution in [3.8, 4) is 0 Å². The second kappa shape index (κ2) is 8.24. The molecule has 31 heavy (non-hydrogen) atoms. The van der Waals surface area contributed by atoms with Gasteiger partial charge in [-0.3, -0.25) is 9.78 Å². The first-order chi connectivity index (χ1) is 15.3. The van der Waals surface area contributed by atoms with E-state index < -0.39 is 0 Å². The molecule has 0 unspecified atom stereocenters. The van der Waals surface area contributed by atoms with Gasteiger partial charge in [0.05, 0.1) is 11.8 Å². The van der Waals surface area contributed by atoms with Crippen molar-refractivity contribution in [3.63, 3.8) is 0 Å². The van der Waals surface area contributed by atoms with Gasteiger partial charge in [0, 0.05) is 41.6 Å². The minimum atomic E-state index is -0.288. The summed E-state index contributed by atoms with van der Waals surface area (Å²) in [7, 11) is 0. The van der Waals surface area contributed by atoms with Crippen molar-refractivity contribution < 1.29 is 4.79 Å². The Morgan fingerprint density at radius 3 is 2.61 bits per heavy atom. The van der Waals surface area contributed by atoms with Gasteiger partial charge in [0.2, 0.25) is 0 Å². The van der Waals surface area contributed by atoms with E-state index >= 15 is 0 Å². The molecule has 0 saturated heterocycles. The van der Waals surface area contributed by atoms with E-state index in [0.29, 0.717) is 5.56 Å². The molecule has 0 aliphatic heterocycles. The van der Waals surface area contributed by atoms with Gasteiger partial charge in [0.15, 0.2) is 0 Å². The highest BCUT2D eigenvalue weighted by atomic mass is 16.2. The lowest BCUT2D eigenvalue weighted by atomic mass is 10.0. The smallest absolute Gasteiger partial charge is 0.272 e. The number of para-hydroxylation sites is 1. The maximum atomic E-state index is 12.2. The molecule has 5 heteroatoms. The Balaban J connectivity index is 1.45. The Labute approximate surface area is 179 Å². The SMILES string of the molecule is O=C(N/N=C\c1cn(Cc2cccc3ccccc23)c2ccccc12)c1cccnc1. The van der Waals surface area contributed by atoms with Gasteiger partial charge in [-0.15, -0.1) is 0 Å². The monoisotopic (exact) mass is 404 g/mol. The third-order valence-corrected chi connectivity index (χ3v) is 5.33. The molecule has 0 aliphatic carbocycles.